The first-order valence-electron chi connectivity index (χ1n) is 9.43. The van der Waals surface area contributed by atoms with Crippen molar-refractivity contribution in [2.24, 2.45) is 0 Å². The first kappa shape index (κ1) is 17.0. The number of aliphatic hydroxyl groups is 1. The summed E-state index contributed by atoms with van der Waals surface area (Å²) < 4.78 is 5.41. The van der Waals surface area contributed by atoms with Gasteiger partial charge in [0.2, 0.25) is 0 Å². The maximum atomic E-state index is 10.2. The van der Waals surface area contributed by atoms with E-state index in [9.17, 15) is 5.11 Å². The van der Waals surface area contributed by atoms with Gasteiger partial charge in [-0.25, -0.2) is 0 Å². The summed E-state index contributed by atoms with van der Waals surface area (Å²) in [6.45, 7) is 4.54. The van der Waals surface area contributed by atoms with Gasteiger partial charge in [-0.1, -0.05) is 12.8 Å². The fraction of sp³-hybridized carbons (Fsp3) is 0.789. The van der Waals surface area contributed by atoms with Gasteiger partial charge in [-0.05, 0) is 51.2 Å². The van der Waals surface area contributed by atoms with E-state index < -0.39 is 0 Å². The molecule has 3 rings (SSSR count). The molecule has 130 valence electrons. The molecule has 4 nitrogen and oxygen atoms in total. The molecular weight excluding hydrogens is 288 g/mol. The van der Waals surface area contributed by atoms with Gasteiger partial charge in [0.15, 0.2) is 0 Å². The van der Waals surface area contributed by atoms with Gasteiger partial charge >= 0.3 is 0 Å². The Morgan fingerprint density at radius 2 is 2.04 bits per heavy atom. The van der Waals surface area contributed by atoms with Crippen molar-refractivity contribution in [2.45, 2.75) is 82.5 Å². The molecule has 23 heavy (non-hydrogen) atoms. The Kier molecular flexibility index (Phi) is 6.15. The Balaban J connectivity index is 1.37. The van der Waals surface area contributed by atoms with Crippen LogP contribution in [0.5, 0.6) is 0 Å². The van der Waals surface area contributed by atoms with Crippen molar-refractivity contribution in [1.82, 2.24) is 10.2 Å². The molecule has 1 saturated carbocycles. The Hall–Kier alpha value is -0.840. The van der Waals surface area contributed by atoms with E-state index in [1.54, 1.807) is 6.26 Å². The summed E-state index contributed by atoms with van der Waals surface area (Å²) >= 11 is 0. The van der Waals surface area contributed by atoms with Crippen LogP contribution in [0.15, 0.2) is 22.8 Å². The number of nitrogens with one attached hydrogen (secondary N) is 1. The van der Waals surface area contributed by atoms with Gasteiger partial charge in [-0.15, -0.1) is 0 Å². The van der Waals surface area contributed by atoms with Crippen LogP contribution in [0.1, 0.15) is 57.6 Å². The Morgan fingerprint density at radius 3 is 2.74 bits per heavy atom. The number of aryl methyl sites for hydroxylation is 1. The highest BCUT2D eigenvalue weighted by atomic mass is 16.3. The van der Waals surface area contributed by atoms with Crippen LogP contribution in [0.3, 0.4) is 0 Å². The third-order valence-electron chi connectivity index (χ3n) is 5.62. The number of hydrogen-bond acceptors (Lipinski definition) is 4. The van der Waals surface area contributed by atoms with Crippen molar-refractivity contribution in [2.75, 3.05) is 13.1 Å². The zero-order valence-corrected chi connectivity index (χ0v) is 14.4. The van der Waals surface area contributed by atoms with Crippen molar-refractivity contribution in [1.29, 1.82) is 0 Å². The average Bonchev–Trinajstić information content (AvgIpc) is 3.08. The van der Waals surface area contributed by atoms with Crippen molar-refractivity contribution in [3.05, 3.63) is 24.2 Å². The predicted molar refractivity (Wildman–Crippen MR) is 92.5 cm³/mol. The molecule has 0 spiro atoms. The van der Waals surface area contributed by atoms with E-state index in [-0.39, 0.29) is 6.10 Å². The zero-order valence-electron chi connectivity index (χ0n) is 14.4. The number of hydrogen-bond donors (Lipinski definition) is 2. The minimum absolute atomic E-state index is 0.0968. The molecule has 1 aliphatic carbocycles. The topological polar surface area (TPSA) is 48.6 Å². The number of aliphatic hydroxyl groups excluding tert-OH is 1. The number of rotatable bonds is 6. The molecule has 1 aromatic rings. The lowest BCUT2D eigenvalue weighted by Gasteiger charge is -2.42. The van der Waals surface area contributed by atoms with E-state index in [0.29, 0.717) is 18.1 Å². The predicted octanol–water partition coefficient (Wildman–Crippen LogP) is 2.96. The van der Waals surface area contributed by atoms with Gasteiger partial charge in [0.05, 0.1) is 12.4 Å². The third kappa shape index (κ3) is 4.82. The molecule has 2 aliphatic rings. The molecule has 4 heteroatoms. The maximum Gasteiger partial charge on any atom is 0.103 e. The second-order valence-electron chi connectivity index (χ2n) is 7.42. The van der Waals surface area contributed by atoms with E-state index >= 15 is 0 Å². The van der Waals surface area contributed by atoms with Crippen LogP contribution < -0.4 is 5.32 Å². The molecule has 0 bridgehead atoms. The van der Waals surface area contributed by atoms with E-state index in [1.165, 1.54) is 32.1 Å². The highest BCUT2D eigenvalue weighted by Gasteiger charge is 2.31. The quantitative estimate of drug-likeness (QED) is 0.846. The molecule has 3 unspecified atom stereocenters. The van der Waals surface area contributed by atoms with Crippen LogP contribution in [0.2, 0.25) is 0 Å². The van der Waals surface area contributed by atoms with Gasteiger partial charge in [-0.2, -0.15) is 0 Å². The van der Waals surface area contributed by atoms with Crippen LogP contribution in [-0.4, -0.2) is 47.3 Å². The Labute approximate surface area is 140 Å². The van der Waals surface area contributed by atoms with E-state index in [1.807, 2.05) is 6.07 Å². The van der Waals surface area contributed by atoms with Crippen molar-refractivity contribution in [3.63, 3.8) is 0 Å². The molecule has 0 aromatic carbocycles. The van der Waals surface area contributed by atoms with Gasteiger partial charge < -0.3 is 14.8 Å². The zero-order chi connectivity index (χ0) is 16.1. The molecule has 1 saturated heterocycles. The summed E-state index contributed by atoms with van der Waals surface area (Å²) in [6, 6.07) is 5.58. The second kappa shape index (κ2) is 8.32. The first-order valence-corrected chi connectivity index (χ1v) is 9.43. The second-order valence-corrected chi connectivity index (χ2v) is 7.42. The third-order valence-corrected chi connectivity index (χ3v) is 5.62. The molecule has 2 fully saturated rings. The summed E-state index contributed by atoms with van der Waals surface area (Å²) in [4.78, 5) is 2.54. The molecule has 2 heterocycles. The maximum absolute atomic E-state index is 10.2. The molecule has 0 radical (unpaired) electrons. The van der Waals surface area contributed by atoms with E-state index in [0.717, 1.165) is 38.1 Å². The fourth-order valence-corrected chi connectivity index (χ4v) is 4.21. The summed E-state index contributed by atoms with van der Waals surface area (Å²) in [6.07, 6.45) is 10.8. The molecule has 1 aliphatic heterocycles. The average molecular weight is 320 g/mol. The van der Waals surface area contributed by atoms with Crippen LogP contribution >= 0.6 is 0 Å². The van der Waals surface area contributed by atoms with Crippen molar-refractivity contribution < 1.29 is 9.52 Å². The molecular formula is C19H32N2O2. The molecule has 2 N–H and O–H groups in total. The fourth-order valence-electron chi connectivity index (χ4n) is 4.21. The largest absolute Gasteiger partial charge is 0.469 e. The highest BCUT2D eigenvalue weighted by Crippen LogP contribution is 2.26. The SMILES string of the molecule is CC(CCc1ccco1)NC1CCN(C2CCCCC2O)CC1. The lowest BCUT2D eigenvalue weighted by atomic mass is 9.89. The normalized spacial score (nSPS) is 28.8. The van der Waals surface area contributed by atoms with Gasteiger partial charge in [0.25, 0.3) is 0 Å². The van der Waals surface area contributed by atoms with Crippen LogP contribution in [0, 0.1) is 0 Å². The summed E-state index contributed by atoms with van der Waals surface area (Å²) in [7, 11) is 0. The first-order chi connectivity index (χ1) is 11.2. The van der Waals surface area contributed by atoms with Crippen LogP contribution in [-0.2, 0) is 6.42 Å². The monoisotopic (exact) mass is 320 g/mol. The number of furan rings is 1. The van der Waals surface area contributed by atoms with Gasteiger partial charge in [0.1, 0.15) is 5.76 Å². The lowest BCUT2D eigenvalue weighted by molar-refractivity contribution is 0.00667. The van der Waals surface area contributed by atoms with Crippen molar-refractivity contribution in [3.8, 4) is 0 Å². The van der Waals surface area contributed by atoms with E-state index in [4.69, 9.17) is 4.42 Å². The minimum Gasteiger partial charge on any atom is -0.469 e. The molecule has 1 aromatic heterocycles. The Bertz CT molecular complexity index is 440. The summed E-state index contributed by atoms with van der Waals surface area (Å²) in [5.74, 6) is 1.08. The summed E-state index contributed by atoms with van der Waals surface area (Å²) in [5.41, 5.74) is 0. The Morgan fingerprint density at radius 1 is 1.26 bits per heavy atom. The van der Waals surface area contributed by atoms with Gasteiger partial charge in [-0.3, -0.25) is 4.90 Å². The minimum atomic E-state index is -0.0968. The number of likely N-dealkylation sites (tertiary alicyclic amines) is 1. The molecule has 0 amide bonds. The van der Waals surface area contributed by atoms with Gasteiger partial charge in [0, 0.05) is 37.6 Å². The standard InChI is InChI=1S/C19H32N2O2/c1-15(8-9-17-5-4-14-23-17)20-16-10-12-21(13-11-16)18-6-2-3-7-19(18)22/h4-5,14-16,18-20,22H,2-3,6-13H2,1H3. The number of piperidine rings is 1. The smallest absolute Gasteiger partial charge is 0.103 e. The molecule has 3 atom stereocenters. The lowest BCUT2D eigenvalue weighted by Crippen LogP contribution is -2.52. The van der Waals surface area contributed by atoms with Crippen LogP contribution in [0.4, 0.5) is 0 Å². The summed E-state index contributed by atoms with van der Waals surface area (Å²) in [5, 5.41) is 14.0. The van der Waals surface area contributed by atoms with E-state index in [2.05, 4.69) is 23.2 Å². The highest BCUT2D eigenvalue weighted by molar-refractivity contribution is 4.98. The van der Waals surface area contributed by atoms with Crippen LogP contribution in [0.25, 0.3) is 0 Å². The van der Waals surface area contributed by atoms with Crippen molar-refractivity contribution >= 4 is 0 Å². The number of nitrogens with zero attached hydrogens (tertiary/aromatic N) is 1.